The molecule has 1 unspecified atom stereocenters. The van der Waals surface area contributed by atoms with Crippen molar-refractivity contribution in [3.05, 3.63) is 59.9 Å². The van der Waals surface area contributed by atoms with Crippen LogP contribution in [0.3, 0.4) is 0 Å². The van der Waals surface area contributed by atoms with Crippen molar-refractivity contribution in [3.63, 3.8) is 0 Å². The van der Waals surface area contributed by atoms with Gasteiger partial charge in [-0.1, -0.05) is 12.1 Å². The summed E-state index contributed by atoms with van der Waals surface area (Å²) in [7, 11) is 0. The maximum absolute atomic E-state index is 12.0. The molecule has 0 saturated carbocycles. The summed E-state index contributed by atoms with van der Waals surface area (Å²) in [4.78, 5) is 27.9. The third-order valence-corrected chi connectivity index (χ3v) is 3.98. The largest absolute Gasteiger partial charge is 0.351 e. The number of nitrogens with one attached hydrogen (secondary N) is 3. The Balaban J connectivity index is 0.00000225. The molecule has 0 bridgehead atoms. The van der Waals surface area contributed by atoms with Crippen LogP contribution >= 0.6 is 12.4 Å². The van der Waals surface area contributed by atoms with Gasteiger partial charge in [0.25, 0.3) is 5.91 Å². The first-order chi connectivity index (χ1) is 11.7. The third kappa shape index (κ3) is 5.27. The zero-order valence-electron chi connectivity index (χ0n) is 13.7. The van der Waals surface area contributed by atoms with Crippen LogP contribution in [-0.2, 0) is 11.3 Å². The fourth-order valence-electron chi connectivity index (χ4n) is 2.63. The van der Waals surface area contributed by atoms with E-state index < -0.39 is 0 Å². The molecule has 25 heavy (non-hydrogen) atoms. The number of carbonyl (C=O) groups is 2. The van der Waals surface area contributed by atoms with Crippen molar-refractivity contribution in [2.75, 3.05) is 11.9 Å². The standard InChI is InChI=1S/C18H20N4O2.ClH/c23-17(14-3-1-9-19-12-14)22-15-7-5-13(6-8-15)11-21-18(24)16-4-2-10-20-16;/h1,3,5-9,12,16,20H,2,4,10-11H2,(H,21,24)(H,22,23);1H. The fourth-order valence-corrected chi connectivity index (χ4v) is 2.63. The minimum atomic E-state index is -0.198. The van der Waals surface area contributed by atoms with E-state index in [0.717, 1.165) is 24.9 Å². The Hall–Kier alpha value is -2.44. The number of hydrogen-bond acceptors (Lipinski definition) is 4. The highest BCUT2D eigenvalue weighted by molar-refractivity contribution is 6.04. The van der Waals surface area contributed by atoms with Crippen molar-refractivity contribution in [1.29, 1.82) is 0 Å². The van der Waals surface area contributed by atoms with E-state index in [-0.39, 0.29) is 30.3 Å². The van der Waals surface area contributed by atoms with Gasteiger partial charge < -0.3 is 16.0 Å². The number of carbonyl (C=O) groups excluding carboxylic acids is 2. The summed E-state index contributed by atoms with van der Waals surface area (Å²) in [6.45, 7) is 1.39. The van der Waals surface area contributed by atoms with Crippen molar-refractivity contribution in [2.45, 2.75) is 25.4 Å². The summed E-state index contributed by atoms with van der Waals surface area (Å²) < 4.78 is 0. The quantitative estimate of drug-likeness (QED) is 0.762. The van der Waals surface area contributed by atoms with Gasteiger partial charge in [-0.05, 0) is 49.2 Å². The molecule has 1 aromatic carbocycles. The van der Waals surface area contributed by atoms with Crippen LogP contribution in [0.5, 0.6) is 0 Å². The van der Waals surface area contributed by atoms with E-state index in [2.05, 4.69) is 20.9 Å². The van der Waals surface area contributed by atoms with Crippen molar-refractivity contribution in [3.8, 4) is 0 Å². The number of halogens is 1. The van der Waals surface area contributed by atoms with Gasteiger partial charge in [0.2, 0.25) is 5.91 Å². The molecular formula is C18H21ClN4O2. The van der Waals surface area contributed by atoms with Gasteiger partial charge in [-0.3, -0.25) is 14.6 Å². The Morgan fingerprint density at radius 3 is 2.64 bits per heavy atom. The topological polar surface area (TPSA) is 83.1 Å². The second-order valence-electron chi connectivity index (χ2n) is 5.76. The maximum atomic E-state index is 12.0. The molecule has 1 aliphatic rings. The molecule has 132 valence electrons. The van der Waals surface area contributed by atoms with Crippen LogP contribution in [-0.4, -0.2) is 29.4 Å². The first-order valence-electron chi connectivity index (χ1n) is 8.04. The van der Waals surface area contributed by atoms with Crippen LogP contribution in [0.15, 0.2) is 48.8 Å². The van der Waals surface area contributed by atoms with Gasteiger partial charge in [0.15, 0.2) is 0 Å². The van der Waals surface area contributed by atoms with E-state index >= 15 is 0 Å². The monoisotopic (exact) mass is 360 g/mol. The van der Waals surface area contributed by atoms with Crippen molar-refractivity contribution in [2.24, 2.45) is 0 Å². The number of rotatable bonds is 5. The summed E-state index contributed by atoms with van der Waals surface area (Å²) in [5.74, 6) is -0.155. The van der Waals surface area contributed by atoms with Crippen LogP contribution in [0.25, 0.3) is 0 Å². The molecule has 0 radical (unpaired) electrons. The summed E-state index contributed by atoms with van der Waals surface area (Å²) in [5.41, 5.74) is 2.20. The summed E-state index contributed by atoms with van der Waals surface area (Å²) in [5, 5.41) is 8.92. The number of anilines is 1. The van der Waals surface area contributed by atoms with E-state index in [9.17, 15) is 9.59 Å². The predicted molar refractivity (Wildman–Crippen MR) is 98.8 cm³/mol. The highest BCUT2D eigenvalue weighted by atomic mass is 35.5. The SMILES string of the molecule is Cl.O=C(Nc1ccc(CNC(=O)C2CCCN2)cc1)c1cccnc1. The van der Waals surface area contributed by atoms with Crippen molar-refractivity contribution < 1.29 is 9.59 Å². The lowest BCUT2D eigenvalue weighted by atomic mass is 10.1. The third-order valence-electron chi connectivity index (χ3n) is 3.98. The molecule has 1 aromatic heterocycles. The first-order valence-corrected chi connectivity index (χ1v) is 8.04. The van der Waals surface area contributed by atoms with E-state index in [1.54, 1.807) is 18.3 Å². The van der Waals surface area contributed by atoms with Gasteiger partial charge in [0.1, 0.15) is 0 Å². The predicted octanol–water partition coefficient (Wildman–Crippen LogP) is 2.12. The summed E-state index contributed by atoms with van der Waals surface area (Å²) in [6.07, 6.45) is 5.09. The number of aromatic nitrogens is 1. The first kappa shape index (κ1) is 18.9. The maximum Gasteiger partial charge on any atom is 0.257 e. The Morgan fingerprint density at radius 1 is 1.20 bits per heavy atom. The molecule has 1 fully saturated rings. The molecule has 1 aliphatic heterocycles. The molecule has 0 spiro atoms. The molecule has 7 heteroatoms. The van der Waals surface area contributed by atoms with Gasteiger partial charge in [0, 0.05) is 24.6 Å². The molecule has 3 rings (SSSR count). The number of benzene rings is 1. The molecule has 3 N–H and O–H groups in total. The van der Waals surface area contributed by atoms with Crippen LogP contribution in [0.2, 0.25) is 0 Å². The Bertz CT molecular complexity index is 701. The van der Waals surface area contributed by atoms with Crippen LogP contribution in [0.1, 0.15) is 28.8 Å². The molecule has 2 heterocycles. The van der Waals surface area contributed by atoms with Gasteiger partial charge >= 0.3 is 0 Å². The normalized spacial score (nSPS) is 15.9. The molecule has 1 saturated heterocycles. The average Bonchev–Trinajstić information content (AvgIpc) is 3.16. The van der Waals surface area contributed by atoms with Gasteiger partial charge in [-0.2, -0.15) is 0 Å². The Labute approximate surface area is 152 Å². The lowest BCUT2D eigenvalue weighted by molar-refractivity contribution is -0.122. The average molecular weight is 361 g/mol. The molecule has 6 nitrogen and oxygen atoms in total. The number of amides is 2. The Morgan fingerprint density at radius 2 is 2.00 bits per heavy atom. The lowest BCUT2D eigenvalue weighted by Crippen LogP contribution is -2.39. The van der Waals surface area contributed by atoms with Crippen LogP contribution < -0.4 is 16.0 Å². The zero-order valence-corrected chi connectivity index (χ0v) is 14.5. The van der Waals surface area contributed by atoms with Crippen LogP contribution in [0.4, 0.5) is 5.69 Å². The van der Waals surface area contributed by atoms with Crippen molar-refractivity contribution in [1.82, 2.24) is 15.6 Å². The van der Waals surface area contributed by atoms with Crippen molar-refractivity contribution >= 4 is 29.9 Å². The van der Waals surface area contributed by atoms with Gasteiger partial charge in [0.05, 0.1) is 11.6 Å². The van der Waals surface area contributed by atoms with Gasteiger partial charge in [-0.25, -0.2) is 0 Å². The second kappa shape index (κ2) is 9.15. The Kier molecular flexibility index (Phi) is 6.91. The van der Waals surface area contributed by atoms with E-state index in [1.807, 2.05) is 24.3 Å². The van der Waals surface area contributed by atoms with E-state index in [0.29, 0.717) is 17.8 Å². The molecule has 0 aliphatic carbocycles. The smallest absolute Gasteiger partial charge is 0.257 e. The zero-order chi connectivity index (χ0) is 16.8. The van der Waals surface area contributed by atoms with Gasteiger partial charge in [-0.15, -0.1) is 12.4 Å². The molecule has 1 atom stereocenters. The number of hydrogen-bond donors (Lipinski definition) is 3. The van der Waals surface area contributed by atoms with E-state index in [1.165, 1.54) is 6.20 Å². The highest BCUT2D eigenvalue weighted by Crippen LogP contribution is 2.11. The minimum absolute atomic E-state index is 0. The minimum Gasteiger partial charge on any atom is -0.351 e. The second-order valence-corrected chi connectivity index (χ2v) is 5.76. The number of pyridine rings is 1. The summed E-state index contributed by atoms with van der Waals surface area (Å²) in [6, 6.07) is 10.8. The molecule has 2 amide bonds. The molecule has 2 aromatic rings. The summed E-state index contributed by atoms with van der Waals surface area (Å²) >= 11 is 0. The fraction of sp³-hybridized carbons (Fsp3) is 0.278. The number of nitrogens with zero attached hydrogens (tertiary/aromatic N) is 1. The van der Waals surface area contributed by atoms with E-state index in [4.69, 9.17) is 0 Å². The lowest BCUT2D eigenvalue weighted by Gasteiger charge is -2.11. The molecular weight excluding hydrogens is 340 g/mol. The highest BCUT2D eigenvalue weighted by Gasteiger charge is 2.21. The van der Waals surface area contributed by atoms with Crippen LogP contribution in [0, 0.1) is 0 Å².